The van der Waals surface area contributed by atoms with Crippen LogP contribution in [0.2, 0.25) is 0 Å². The van der Waals surface area contributed by atoms with Crippen molar-refractivity contribution < 1.29 is 0 Å². The normalized spacial score (nSPS) is 13.3. The van der Waals surface area contributed by atoms with Gasteiger partial charge in [-0.25, -0.2) is 0 Å². The number of benzene rings is 2. The first kappa shape index (κ1) is 10.7. The molecule has 0 atom stereocenters. The van der Waals surface area contributed by atoms with Gasteiger partial charge in [0.2, 0.25) is 0 Å². The van der Waals surface area contributed by atoms with Gasteiger partial charge >= 0.3 is 0 Å². The van der Waals surface area contributed by atoms with Crippen molar-refractivity contribution in [2.45, 2.75) is 0 Å². The highest BCUT2D eigenvalue weighted by molar-refractivity contribution is 5.82. The third kappa shape index (κ3) is 1.59. The predicted molar refractivity (Wildman–Crippen MR) is 73.0 cm³/mol. The second kappa shape index (κ2) is 4.08. The number of nitriles is 1. The summed E-state index contributed by atoms with van der Waals surface area (Å²) in [5, 5.41) is 8.82. The molecule has 3 heteroatoms. The second-order valence-corrected chi connectivity index (χ2v) is 4.41. The van der Waals surface area contributed by atoms with Crippen LogP contribution in [0.5, 0.6) is 0 Å². The lowest BCUT2D eigenvalue weighted by molar-refractivity contribution is 0.950. The van der Waals surface area contributed by atoms with E-state index in [1.54, 1.807) is 0 Å². The van der Waals surface area contributed by atoms with E-state index in [1.807, 2.05) is 24.3 Å². The highest BCUT2D eigenvalue weighted by atomic mass is 15.4. The van der Waals surface area contributed by atoms with E-state index < -0.39 is 0 Å². The molecule has 0 N–H and O–H groups in total. The van der Waals surface area contributed by atoms with Crippen LogP contribution >= 0.6 is 0 Å². The van der Waals surface area contributed by atoms with E-state index in [9.17, 15) is 0 Å². The zero-order valence-electron chi connectivity index (χ0n) is 10.2. The van der Waals surface area contributed by atoms with Crippen LogP contribution < -0.4 is 9.80 Å². The van der Waals surface area contributed by atoms with Crippen LogP contribution in [-0.4, -0.2) is 13.7 Å². The van der Waals surface area contributed by atoms with E-state index in [4.69, 9.17) is 5.26 Å². The minimum absolute atomic E-state index is 0.694. The first-order chi connectivity index (χ1) is 8.79. The molecule has 0 saturated carbocycles. The van der Waals surface area contributed by atoms with Gasteiger partial charge in [-0.3, -0.25) is 0 Å². The van der Waals surface area contributed by atoms with Gasteiger partial charge in [-0.1, -0.05) is 12.1 Å². The standard InChI is InChI=1S/C15H13N3/c1-17-11-18(15-5-3-2-4-14(15)17)13-8-6-12(10-16)7-9-13/h2-9H,11H2,1H3. The Labute approximate surface area is 106 Å². The second-order valence-electron chi connectivity index (χ2n) is 4.41. The summed E-state index contributed by atoms with van der Waals surface area (Å²) in [4.78, 5) is 4.46. The summed E-state index contributed by atoms with van der Waals surface area (Å²) in [5.74, 6) is 0. The van der Waals surface area contributed by atoms with Crippen molar-refractivity contribution in [2.24, 2.45) is 0 Å². The van der Waals surface area contributed by atoms with Crippen LogP contribution in [0.1, 0.15) is 5.56 Å². The number of nitrogens with zero attached hydrogens (tertiary/aromatic N) is 3. The molecule has 0 unspecified atom stereocenters. The Bertz CT molecular complexity index is 610. The van der Waals surface area contributed by atoms with Crippen molar-refractivity contribution >= 4 is 17.1 Å². The molecular weight excluding hydrogens is 222 g/mol. The Morgan fingerprint density at radius 2 is 1.67 bits per heavy atom. The average molecular weight is 235 g/mol. The fraction of sp³-hybridized carbons (Fsp3) is 0.133. The number of fused-ring (bicyclic) bond motifs is 1. The molecule has 0 saturated heterocycles. The molecular formula is C15H13N3. The SMILES string of the molecule is CN1CN(c2ccc(C#N)cc2)c2ccccc21. The van der Waals surface area contributed by atoms with Crippen molar-refractivity contribution in [3.63, 3.8) is 0 Å². The van der Waals surface area contributed by atoms with Crippen LogP contribution in [0.15, 0.2) is 48.5 Å². The monoisotopic (exact) mass is 235 g/mol. The number of hydrogen-bond donors (Lipinski definition) is 0. The number of rotatable bonds is 1. The van der Waals surface area contributed by atoms with Gasteiger partial charge < -0.3 is 9.80 Å². The molecule has 0 aromatic heterocycles. The van der Waals surface area contributed by atoms with Crippen molar-refractivity contribution in [3.05, 3.63) is 54.1 Å². The predicted octanol–water partition coefficient (Wildman–Crippen LogP) is 3.10. The van der Waals surface area contributed by atoms with E-state index in [0.717, 1.165) is 12.4 Å². The molecule has 0 bridgehead atoms. The third-order valence-corrected chi connectivity index (χ3v) is 3.25. The maximum Gasteiger partial charge on any atom is 0.0991 e. The third-order valence-electron chi connectivity index (χ3n) is 3.25. The van der Waals surface area contributed by atoms with Gasteiger partial charge in [0.05, 0.1) is 29.7 Å². The van der Waals surface area contributed by atoms with Crippen molar-refractivity contribution in [2.75, 3.05) is 23.5 Å². The van der Waals surface area contributed by atoms with E-state index in [0.29, 0.717) is 5.56 Å². The number of anilines is 3. The van der Waals surface area contributed by atoms with Gasteiger partial charge in [-0.2, -0.15) is 5.26 Å². The minimum atomic E-state index is 0.694. The lowest BCUT2D eigenvalue weighted by Gasteiger charge is -2.19. The largest absolute Gasteiger partial charge is 0.355 e. The minimum Gasteiger partial charge on any atom is -0.355 e. The fourth-order valence-corrected chi connectivity index (χ4v) is 2.32. The van der Waals surface area contributed by atoms with Crippen LogP contribution in [-0.2, 0) is 0 Å². The highest BCUT2D eigenvalue weighted by Gasteiger charge is 2.23. The Kier molecular flexibility index (Phi) is 2.42. The first-order valence-electron chi connectivity index (χ1n) is 5.87. The summed E-state index contributed by atoms with van der Waals surface area (Å²) in [6, 6.07) is 18.2. The topological polar surface area (TPSA) is 30.3 Å². The molecule has 0 fully saturated rings. The van der Waals surface area contributed by atoms with Crippen molar-refractivity contribution in [1.82, 2.24) is 0 Å². The highest BCUT2D eigenvalue weighted by Crippen LogP contribution is 2.39. The molecule has 3 rings (SSSR count). The number of hydrogen-bond acceptors (Lipinski definition) is 3. The van der Waals surface area contributed by atoms with Gasteiger partial charge in [-0.05, 0) is 36.4 Å². The molecule has 1 aliphatic heterocycles. The van der Waals surface area contributed by atoms with Gasteiger partial charge in [0.25, 0.3) is 0 Å². The Morgan fingerprint density at radius 3 is 2.33 bits per heavy atom. The summed E-state index contributed by atoms with van der Waals surface area (Å²) in [7, 11) is 2.09. The maximum absolute atomic E-state index is 8.82. The molecule has 1 heterocycles. The van der Waals surface area contributed by atoms with Gasteiger partial charge in [-0.15, -0.1) is 0 Å². The molecule has 0 radical (unpaired) electrons. The summed E-state index contributed by atoms with van der Waals surface area (Å²) in [6.07, 6.45) is 0. The van der Waals surface area contributed by atoms with E-state index in [1.165, 1.54) is 11.4 Å². The Hall–Kier alpha value is -2.47. The van der Waals surface area contributed by atoms with Crippen molar-refractivity contribution in [1.29, 1.82) is 5.26 Å². The summed E-state index contributed by atoms with van der Waals surface area (Å²) < 4.78 is 0. The summed E-state index contributed by atoms with van der Waals surface area (Å²) in [6.45, 7) is 0.839. The smallest absolute Gasteiger partial charge is 0.0991 e. The van der Waals surface area contributed by atoms with Gasteiger partial charge in [0.15, 0.2) is 0 Å². The Balaban J connectivity index is 2.01. The summed E-state index contributed by atoms with van der Waals surface area (Å²) >= 11 is 0. The molecule has 3 nitrogen and oxygen atoms in total. The summed E-state index contributed by atoms with van der Waals surface area (Å²) in [5.41, 5.74) is 4.26. The molecule has 0 aliphatic carbocycles. The zero-order valence-corrected chi connectivity index (χ0v) is 10.2. The average Bonchev–Trinajstić information content (AvgIpc) is 2.77. The molecule has 0 spiro atoms. The van der Waals surface area contributed by atoms with E-state index in [2.05, 4.69) is 47.2 Å². The van der Waals surface area contributed by atoms with Crippen LogP contribution in [0.25, 0.3) is 0 Å². The maximum atomic E-state index is 8.82. The van der Waals surface area contributed by atoms with Gasteiger partial charge in [0, 0.05) is 12.7 Å². The molecule has 2 aromatic carbocycles. The quantitative estimate of drug-likeness (QED) is 0.760. The fourth-order valence-electron chi connectivity index (χ4n) is 2.32. The lowest BCUT2D eigenvalue weighted by Crippen LogP contribution is -2.23. The van der Waals surface area contributed by atoms with Crippen LogP contribution in [0.4, 0.5) is 17.1 Å². The van der Waals surface area contributed by atoms with Crippen molar-refractivity contribution in [3.8, 4) is 6.07 Å². The molecule has 18 heavy (non-hydrogen) atoms. The van der Waals surface area contributed by atoms with Crippen LogP contribution in [0.3, 0.4) is 0 Å². The van der Waals surface area contributed by atoms with Crippen LogP contribution in [0, 0.1) is 11.3 Å². The van der Waals surface area contributed by atoms with Gasteiger partial charge in [0.1, 0.15) is 0 Å². The Morgan fingerprint density at radius 1 is 1.00 bits per heavy atom. The first-order valence-corrected chi connectivity index (χ1v) is 5.87. The molecule has 0 amide bonds. The molecule has 2 aromatic rings. The lowest BCUT2D eigenvalue weighted by atomic mass is 10.2. The zero-order chi connectivity index (χ0) is 12.5. The number of para-hydroxylation sites is 2. The van der Waals surface area contributed by atoms with E-state index in [-0.39, 0.29) is 0 Å². The molecule has 1 aliphatic rings. The molecule has 88 valence electrons. The van der Waals surface area contributed by atoms with E-state index >= 15 is 0 Å².